The molecule has 0 aliphatic rings. The number of rotatable bonds is 8. The Morgan fingerprint density at radius 3 is 2.29 bits per heavy atom. The molecule has 5 nitrogen and oxygen atoms in total. The van der Waals surface area contributed by atoms with Crippen LogP contribution in [0.15, 0.2) is 66.0 Å². The van der Waals surface area contributed by atoms with Gasteiger partial charge in [0, 0.05) is 27.6 Å². The van der Waals surface area contributed by atoms with Gasteiger partial charge in [-0.3, -0.25) is 9.59 Å². The van der Waals surface area contributed by atoms with E-state index in [1.807, 2.05) is 11.4 Å². The van der Waals surface area contributed by atoms with Gasteiger partial charge in [-0.2, -0.15) is 0 Å². The first-order valence-corrected chi connectivity index (χ1v) is 10.6. The fourth-order valence-corrected chi connectivity index (χ4v) is 4.09. The van der Waals surface area contributed by atoms with Gasteiger partial charge in [0.1, 0.15) is 5.75 Å². The number of anilines is 2. The molecule has 0 bridgehead atoms. The normalized spacial score (nSPS) is 10.3. The third-order valence-corrected chi connectivity index (χ3v) is 5.88. The molecule has 2 aromatic carbocycles. The van der Waals surface area contributed by atoms with Crippen molar-refractivity contribution in [1.29, 1.82) is 0 Å². The SMILES string of the molecule is COc1ccc(NC(=O)c2ccc(NC(=O)CSCc3cccs3)cc2)cc1. The minimum absolute atomic E-state index is 0.0583. The van der Waals surface area contributed by atoms with E-state index < -0.39 is 0 Å². The first kappa shape index (κ1) is 20.0. The third kappa shape index (κ3) is 5.87. The van der Waals surface area contributed by atoms with Gasteiger partial charge in [-0.05, 0) is 60.0 Å². The number of nitrogens with one attached hydrogen (secondary N) is 2. The molecule has 0 saturated carbocycles. The molecule has 0 spiro atoms. The van der Waals surface area contributed by atoms with Crippen LogP contribution in [0.4, 0.5) is 11.4 Å². The van der Waals surface area contributed by atoms with Crippen LogP contribution < -0.4 is 15.4 Å². The van der Waals surface area contributed by atoms with E-state index in [1.54, 1.807) is 78.7 Å². The Kier molecular flexibility index (Phi) is 7.11. The van der Waals surface area contributed by atoms with Crippen molar-refractivity contribution in [3.8, 4) is 5.75 Å². The summed E-state index contributed by atoms with van der Waals surface area (Å²) >= 11 is 3.26. The van der Waals surface area contributed by atoms with E-state index in [9.17, 15) is 9.59 Å². The van der Waals surface area contributed by atoms with Gasteiger partial charge in [0.05, 0.1) is 12.9 Å². The second kappa shape index (κ2) is 9.96. The van der Waals surface area contributed by atoms with E-state index >= 15 is 0 Å². The molecule has 1 aromatic heterocycles. The number of hydrogen-bond donors (Lipinski definition) is 2. The van der Waals surface area contributed by atoms with Crippen LogP contribution in [0.25, 0.3) is 0 Å². The molecule has 3 aromatic rings. The molecule has 0 aliphatic carbocycles. The van der Waals surface area contributed by atoms with E-state index in [0.29, 0.717) is 22.7 Å². The highest BCUT2D eigenvalue weighted by molar-refractivity contribution is 7.99. The first-order chi connectivity index (χ1) is 13.6. The maximum Gasteiger partial charge on any atom is 0.255 e. The van der Waals surface area contributed by atoms with Gasteiger partial charge < -0.3 is 15.4 Å². The van der Waals surface area contributed by atoms with Crippen molar-refractivity contribution in [2.45, 2.75) is 5.75 Å². The van der Waals surface area contributed by atoms with Crippen LogP contribution in [0.1, 0.15) is 15.2 Å². The van der Waals surface area contributed by atoms with Gasteiger partial charge >= 0.3 is 0 Å². The second-order valence-corrected chi connectivity index (χ2v) is 7.90. The van der Waals surface area contributed by atoms with Gasteiger partial charge in [0.2, 0.25) is 5.91 Å². The fraction of sp³-hybridized carbons (Fsp3) is 0.143. The van der Waals surface area contributed by atoms with Crippen molar-refractivity contribution in [1.82, 2.24) is 0 Å². The molecule has 7 heteroatoms. The minimum Gasteiger partial charge on any atom is -0.497 e. The molecule has 0 aliphatic heterocycles. The maximum atomic E-state index is 12.3. The van der Waals surface area contributed by atoms with Gasteiger partial charge in [-0.15, -0.1) is 23.1 Å². The highest BCUT2D eigenvalue weighted by atomic mass is 32.2. The van der Waals surface area contributed by atoms with Gasteiger partial charge in [0.15, 0.2) is 0 Å². The summed E-state index contributed by atoms with van der Waals surface area (Å²) in [7, 11) is 1.59. The summed E-state index contributed by atoms with van der Waals surface area (Å²) in [6, 6.07) is 18.0. The molecule has 0 saturated heterocycles. The van der Waals surface area contributed by atoms with E-state index in [1.165, 1.54) is 4.88 Å². The van der Waals surface area contributed by atoms with Crippen LogP contribution in [-0.4, -0.2) is 24.7 Å². The summed E-state index contributed by atoms with van der Waals surface area (Å²) in [4.78, 5) is 25.6. The molecule has 1 heterocycles. The smallest absolute Gasteiger partial charge is 0.255 e. The maximum absolute atomic E-state index is 12.3. The monoisotopic (exact) mass is 412 g/mol. The Morgan fingerprint density at radius 2 is 1.64 bits per heavy atom. The van der Waals surface area contributed by atoms with Crippen LogP contribution >= 0.6 is 23.1 Å². The van der Waals surface area contributed by atoms with Crippen molar-refractivity contribution < 1.29 is 14.3 Å². The minimum atomic E-state index is -0.213. The number of hydrogen-bond acceptors (Lipinski definition) is 5. The molecular formula is C21H20N2O3S2. The number of amides is 2. The Bertz CT molecular complexity index is 908. The zero-order valence-electron chi connectivity index (χ0n) is 15.3. The zero-order chi connectivity index (χ0) is 19.8. The van der Waals surface area contributed by atoms with Crippen LogP contribution in [0.3, 0.4) is 0 Å². The summed E-state index contributed by atoms with van der Waals surface area (Å²) in [5.41, 5.74) is 1.87. The van der Waals surface area contributed by atoms with Gasteiger partial charge in [-0.25, -0.2) is 0 Å². The van der Waals surface area contributed by atoms with E-state index in [-0.39, 0.29) is 11.8 Å². The average molecular weight is 413 g/mol. The largest absolute Gasteiger partial charge is 0.497 e. The summed E-state index contributed by atoms with van der Waals surface area (Å²) < 4.78 is 5.10. The van der Waals surface area contributed by atoms with Gasteiger partial charge in [0.25, 0.3) is 5.91 Å². The fourth-order valence-electron chi connectivity index (χ4n) is 2.42. The quantitative estimate of drug-likeness (QED) is 0.553. The van der Waals surface area contributed by atoms with Crippen LogP contribution in [-0.2, 0) is 10.5 Å². The standard InChI is InChI=1S/C21H20N2O3S2/c1-26-18-10-8-17(9-11-18)23-21(25)15-4-6-16(7-5-15)22-20(24)14-27-13-19-3-2-12-28-19/h2-12H,13-14H2,1H3,(H,22,24)(H,23,25). The number of ether oxygens (including phenoxy) is 1. The topological polar surface area (TPSA) is 67.4 Å². The Balaban J connectivity index is 1.47. The lowest BCUT2D eigenvalue weighted by Crippen LogP contribution is -2.15. The number of carbonyl (C=O) groups excluding carboxylic acids is 2. The molecule has 0 fully saturated rings. The van der Waals surface area contributed by atoms with E-state index in [2.05, 4.69) is 16.7 Å². The number of methoxy groups -OCH3 is 1. The molecule has 0 atom stereocenters. The van der Waals surface area contributed by atoms with E-state index in [0.717, 1.165) is 11.5 Å². The van der Waals surface area contributed by atoms with Crippen LogP contribution in [0, 0.1) is 0 Å². The summed E-state index contributed by atoms with van der Waals surface area (Å²) in [5.74, 6) is 1.67. The summed E-state index contributed by atoms with van der Waals surface area (Å²) in [5, 5.41) is 7.71. The van der Waals surface area contributed by atoms with Crippen LogP contribution in [0.5, 0.6) is 5.75 Å². The molecule has 2 N–H and O–H groups in total. The van der Waals surface area contributed by atoms with Crippen molar-refractivity contribution in [3.05, 3.63) is 76.5 Å². The molecule has 0 radical (unpaired) electrons. The predicted octanol–water partition coefficient (Wildman–Crippen LogP) is 4.88. The van der Waals surface area contributed by atoms with Crippen molar-refractivity contribution in [3.63, 3.8) is 0 Å². The van der Waals surface area contributed by atoms with Gasteiger partial charge in [-0.1, -0.05) is 6.07 Å². The van der Waals surface area contributed by atoms with Crippen molar-refractivity contribution in [2.75, 3.05) is 23.5 Å². The molecule has 28 heavy (non-hydrogen) atoms. The Hall–Kier alpha value is -2.77. The molecular weight excluding hydrogens is 392 g/mol. The summed E-state index contributed by atoms with van der Waals surface area (Å²) in [6.07, 6.45) is 0. The van der Waals surface area contributed by atoms with Crippen LogP contribution in [0.2, 0.25) is 0 Å². The number of benzene rings is 2. The lowest BCUT2D eigenvalue weighted by molar-refractivity contribution is -0.113. The second-order valence-electron chi connectivity index (χ2n) is 5.88. The lowest BCUT2D eigenvalue weighted by Gasteiger charge is -2.08. The van der Waals surface area contributed by atoms with Crippen molar-refractivity contribution >= 4 is 46.3 Å². The molecule has 2 amide bonds. The zero-order valence-corrected chi connectivity index (χ0v) is 16.9. The Morgan fingerprint density at radius 1 is 0.964 bits per heavy atom. The third-order valence-electron chi connectivity index (χ3n) is 3.84. The molecule has 144 valence electrons. The predicted molar refractivity (Wildman–Crippen MR) is 116 cm³/mol. The summed E-state index contributed by atoms with van der Waals surface area (Å²) in [6.45, 7) is 0. The van der Waals surface area contributed by atoms with Crippen molar-refractivity contribution in [2.24, 2.45) is 0 Å². The number of carbonyl (C=O) groups is 2. The lowest BCUT2D eigenvalue weighted by atomic mass is 10.2. The number of thioether (sulfide) groups is 1. The highest BCUT2D eigenvalue weighted by Gasteiger charge is 2.08. The average Bonchev–Trinajstić information content (AvgIpc) is 3.22. The molecule has 0 unspecified atom stereocenters. The number of thiophene rings is 1. The van der Waals surface area contributed by atoms with E-state index in [4.69, 9.17) is 4.74 Å². The molecule has 3 rings (SSSR count). The highest BCUT2D eigenvalue weighted by Crippen LogP contribution is 2.18. The Labute approximate surface area is 172 Å². The first-order valence-electron chi connectivity index (χ1n) is 8.59.